The van der Waals surface area contributed by atoms with Crippen LogP contribution < -0.4 is 10.3 Å². The van der Waals surface area contributed by atoms with Crippen molar-refractivity contribution in [3.63, 3.8) is 0 Å². The molecule has 0 spiro atoms. The molecule has 0 unspecified atom stereocenters. The minimum absolute atomic E-state index is 0.184. The molecule has 0 aliphatic heterocycles. The van der Waals surface area contributed by atoms with Gasteiger partial charge in [-0.1, -0.05) is 41.6 Å². The first-order valence-corrected chi connectivity index (χ1v) is 9.30. The zero-order valence-corrected chi connectivity index (χ0v) is 15.7. The van der Waals surface area contributed by atoms with Gasteiger partial charge in [-0.05, 0) is 25.1 Å². The summed E-state index contributed by atoms with van der Waals surface area (Å²) in [7, 11) is 1.65. The van der Waals surface area contributed by atoms with Crippen molar-refractivity contribution in [3.8, 4) is 11.7 Å². The van der Waals surface area contributed by atoms with Crippen molar-refractivity contribution >= 4 is 22.7 Å². The first kappa shape index (κ1) is 17.3. The maximum absolute atomic E-state index is 13.0. The van der Waals surface area contributed by atoms with E-state index in [0.717, 1.165) is 16.9 Å². The van der Waals surface area contributed by atoms with E-state index in [0.29, 0.717) is 27.8 Å². The molecule has 8 heteroatoms. The Labute approximate surface area is 159 Å². The monoisotopic (exact) mass is 379 g/mol. The number of aromatic amines is 1. The smallest absolute Gasteiger partial charge is 0.269 e. The highest BCUT2D eigenvalue weighted by molar-refractivity contribution is 7.98. The first-order chi connectivity index (χ1) is 13.2. The minimum atomic E-state index is -0.184. The highest BCUT2D eigenvalue weighted by Gasteiger charge is 2.16. The number of para-hydroxylation sites is 1. The number of rotatable bonds is 5. The maximum Gasteiger partial charge on any atom is 0.269 e. The number of benzene rings is 2. The van der Waals surface area contributed by atoms with Gasteiger partial charge in [-0.2, -0.15) is 10.1 Å². The van der Waals surface area contributed by atoms with Gasteiger partial charge in [0.05, 0.1) is 18.0 Å². The number of aromatic nitrogens is 5. The van der Waals surface area contributed by atoms with E-state index in [9.17, 15) is 4.79 Å². The second-order valence-electron chi connectivity index (χ2n) is 5.97. The third-order valence-corrected chi connectivity index (χ3v) is 5.14. The maximum atomic E-state index is 13.0. The van der Waals surface area contributed by atoms with E-state index < -0.39 is 0 Å². The molecule has 0 fully saturated rings. The van der Waals surface area contributed by atoms with Gasteiger partial charge in [0, 0.05) is 11.3 Å². The highest BCUT2D eigenvalue weighted by Crippen LogP contribution is 2.28. The number of hydrogen-bond donors (Lipinski definition) is 1. The zero-order chi connectivity index (χ0) is 18.8. The number of H-pyrrole nitrogens is 1. The minimum Gasteiger partial charge on any atom is -0.496 e. The molecule has 0 radical (unpaired) electrons. The Hall–Kier alpha value is -3.13. The highest BCUT2D eigenvalue weighted by atomic mass is 32.2. The lowest BCUT2D eigenvalue weighted by Gasteiger charge is -2.12. The van der Waals surface area contributed by atoms with Gasteiger partial charge in [0.1, 0.15) is 12.1 Å². The van der Waals surface area contributed by atoms with Gasteiger partial charge in [0.25, 0.3) is 5.56 Å². The van der Waals surface area contributed by atoms with Crippen LogP contribution in [0.4, 0.5) is 0 Å². The van der Waals surface area contributed by atoms with Crippen molar-refractivity contribution < 1.29 is 4.74 Å². The van der Waals surface area contributed by atoms with Crippen molar-refractivity contribution in [3.05, 3.63) is 70.3 Å². The number of ether oxygens (including phenoxy) is 1. The first-order valence-electron chi connectivity index (χ1n) is 8.31. The molecule has 2 heterocycles. The van der Waals surface area contributed by atoms with Crippen LogP contribution in [0.2, 0.25) is 0 Å². The molecule has 4 rings (SSSR count). The van der Waals surface area contributed by atoms with Crippen LogP contribution in [0, 0.1) is 6.92 Å². The number of methoxy groups -OCH3 is 1. The summed E-state index contributed by atoms with van der Waals surface area (Å²) in [5.74, 6) is 1.75. The third-order valence-electron chi connectivity index (χ3n) is 4.15. The van der Waals surface area contributed by atoms with Gasteiger partial charge in [0.15, 0.2) is 5.16 Å². The fraction of sp³-hybridized carbons (Fsp3) is 0.158. The van der Waals surface area contributed by atoms with E-state index in [-0.39, 0.29) is 5.56 Å². The molecule has 0 aliphatic rings. The van der Waals surface area contributed by atoms with Crippen LogP contribution in [-0.2, 0) is 5.75 Å². The average Bonchev–Trinajstić information content (AvgIpc) is 3.21. The van der Waals surface area contributed by atoms with E-state index in [4.69, 9.17) is 4.74 Å². The number of aryl methyl sites for hydroxylation is 1. The van der Waals surface area contributed by atoms with Gasteiger partial charge >= 0.3 is 0 Å². The fourth-order valence-corrected chi connectivity index (χ4v) is 3.84. The van der Waals surface area contributed by atoms with Crippen LogP contribution in [0.25, 0.3) is 16.9 Å². The number of thioether (sulfide) groups is 1. The molecule has 7 nitrogen and oxygen atoms in total. The summed E-state index contributed by atoms with van der Waals surface area (Å²) in [6, 6.07) is 13.3. The Kier molecular flexibility index (Phi) is 4.64. The zero-order valence-electron chi connectivity index (χ0n) is 14.8. The lowest BCUT2D eigenvalue weighted by molar-refractivity contribution is 0.411. The summed E-state index contributed by atoms with van der Waals surface area (Å²) >= 11 is 1.45. The van der Waals surface area contributed by atoms with Gasteiger partial charge in [-0.25, -0.2) is 14.6 Å². The largest absolute Gasteiger partial charge is 0.496 e. The molecule has 0 saturated heterocycles. The number of nitrogens with one attached hydrogen (secondary N) is 1. The third kappa shape index (κ3) is 3.31. The summed E-state index contributed by atoms with van der Waals surface area (Å²) < 4.78 is 6.91. The summed E-state index contributed by atoms with van der Waals surface area (Å²) in [6.07, 6.45) is 1.37. The van der Waals surface area contributed by atoms with Crippen LogP contribution in [0.15, 0.2) is 58.7 Å². The molecule has 2 aromatic heterocycles. The lowest BCUT2D eigenvalue weighted by atomic mass is 10.1. The molecule has 4 aromatic rings. The van der Waals surface area contributed by atoms with Crippen LogP contribution in [0.5, 0.6) is 5.75 Å². The van der Waals surface area contributed by atoms with Crippen LogP contribution in [-0.4, -0.2) is 31.8 Å². The van der Waals surface area contributed by atoms with Crippen molar-refractivity contribution in [2.24, 2.45) is 0 Å². The van der Waals surface area contributed by atoms with Crippen molar-refractivity contribution in [2.75, 3.05) is 7.11 Å². The molecule has 0 saturated carbocycles. The molecular weight excluding hydrogens is 362 g/mol. The Morgan fingerprint density at radius 3 is 2.85 bits per heavy atom. The van der Waals surface area contributed by atoms with Crippen LogP contribution in [0.3, 0.4) is 0 Å². The normalized spacial score (nSPS) is 11.0. The molecule has 0 aliphatic carbocycles. The predicted molar refractivity (Wildman–Crippen MR) is 105 cm³/mol. The molecule has 2 aromatic carbocycles. The van der Waals surface area contributed by atoms with E-state index in [1.807, 2.05) is 37.3 Å². The second-order valence-corrected chi connectivity index (χ2v) is 6.91. The standard InChI is InChI=1S/C19H17N5O2S/c1-12-7-8-16(26-2)13(9-12)10-27-19-22-15-6-4-3-5-14(15)17(25)24(19)18-20-11-21-23-18/h3-9,11H,10H2,1-2H3,(H,20,21,23). The van der Waals surface area contributed by atoms with Gasteiger partial charge in [-0.15, -0.1) is 0 Å². The summed E-state index contributed by atoms with van der Waals surface area (Å²) in [5, 5.41) is 7.69. The summed E-state index contributed by atoms with van der Waals surface area (Å²) in [4.78, 5) is 21.9. The van der Waals surface area contributed by atoms with Crippen molar-refractivity contribution in [1.82, 2.24) is 24.7 Å². The van der Waals surface area contributed by atoms with Crippen molar-refractivity contribution in [2.45, 2.75) is 17.8 Å². The lowest BCUT2D eigenvalue weighted by Crippen LogP contribution is -2.22. The molecule has 136 valence electrons. The molecule has 0 atom stereocenters. The molecular formula is C19H17N5O2S. The average molecular weight is 379 g/mol. The van der Waals surface area contributed by atoms with Crippen molar-refractivity contribution in [1.29, 1.82) is 0 Å². The molecule has 1 N–H and O–H groups in total. The van der Waals surface area contributed by atoms with E-state index >= 15 is 0 Å². The Morgan fingerprint density at radius 1 is 1.22 bits per heavy atom. The number of fused-ring (bicyclic) bond motifs is 1. The summed E-state index contributed by atoms with van der Waals surface area (Å²) in [5.41, 5.74) is 2.65. The molecule has 0 bridgehead atoms. The molecule has 0 amide bonds. The van der Waals surface area contributed by atoms with Gasteiger partial charge in [0.2, 0.25) is 5.95 Å². The van der Waals surface area contributed by atoms with Crippen LogP contribution in [0.1, 0.15) is 11.1 Å². The van der Waals surface area contributed by atoms with Gasteiger partial charge < -0.3 is 4.74 Å². The Balaban J connectivity index is 1.80. The van der Waals surface area contributed by atoms with Crippen LogP contribution >= 0.6 is 11.8 Å². The second kappa shape index (κ2) is 7.24. The van der Waals surface area contributed by atoms with E-state index in [1.54, 1.807) is 13.2 Å². The Morgan fingerprint density at radius 2 is 2.07 bits per heavy atom. The summed E-state index contributed by atoms with van der Waals surface area (Å²) in [6.45, 7) is 2.03. The number of nitrogens with zero attached hydrogens (tertiary/aromatic N) is 4. The number of hydrogen-bond acceptors (Lipinski definition) is 6. The predicted octanol–water partition coefficient (Wildman–Crippen LogP) is 3.11. The quantitative estimate of drug-likeness (QED) is 0.424. The molecule has 27 heavy (non-hydrogen) atoms. The topological polar surface area (TPSA) is 85.7 Å². The SMILES string of the molecule is COc1ccc(C)cc1CSc1nc2ccccc2c(=O)n1-c1ncn[nH]1. The van der Waals surface area contributed by atoms with E-state index in [1.165, 1.54) is 22.7 Å². The van der Waals surface area contributed by atoms with Gasteiger partial charge in [-0.3, -0.25) is 4.79 Å². The Bertz CT molecular complexity index is 1150. The van der Waals surface area contributed by atoms with E-state index in [2.05, 4.69) is 26.2 Å². The fourth-order valence-electron chi connectivity index (χ4n) is 2.87.